The van der Waals surface area contributed by atoms with Crippen molar-refractivity contribution in [1.82, 2.24) is 19.8 Å². The van der Waals surface area contributed by atoms with Gasteiger partial charge in [-0.05, 0) is 120 Å². The van der Waals surface area contributed by atoms with Gasteiger partial charge in [-0.15, -0.1) is 0 Å². The predicted octanol–water partition coefficient (Wildman–Crippen LogP) is 7.91. The molecule has 4 N–H and O–H groups in total. The summed E-state index contributed by atoms with van der Waals surface area (Å²) < 4.78 is 51.3. The van der Waals surface area contributed by atoms with Gasteiger partial charge < -0.3 is 58.3 Å². The minimum Gasteiger partial charge on any atom is -0.497 e. The van der Waals surface area contributed by atoms with Gasteiger partial charge in [-0.2, -0.15) is 0 Å². The number of nitrogens with one attached hydrogen (secondary N) is 2. The lowest BCUT2D eigenvalue weighted by Gasteiger charge is -2.37. The fourth-order valence-corrected chi connectivity index (χ4v) is 11.2. The number of carbonyl (C=O) groups excluding carboxylic acids is 1. The van der Waals surface area contributed by atoms with Gasteiger partial charge in [-0.25, -0.2) is 4.79 Å². The lowest BCUT2D eigenvalue weighted by Crippen LogP contribution is -2.43. The molecule has 3 aliphatic heterocycles. The first-order valence-corrected chi connectivity index (χ1v) is 27.2. The van der Waals surface area contributed by atoms with Crippen LogP contribution >= 0.6 is 0 Å². The topological polar surface area (TPSA) is 201 Å². The number of hydrogen-bond acceptors (Lipinski definition) is 14. The van der Waals surface area contributed by atoms with E-state index in [0.717, 1.165) is 44.5 Å². The number of hydrogen-bond donors (Lipinski definition) is 4. The largest absolute Gasteiger partial charge is 0.497 e. The molecule has 0 bridgehead atoms. The lowest BCUT2D eigenvalue weighted by atomic mass is 9.78. The fourth-order valence-electron chi connectivity index (χ4n) is 11.2. The molecule has 0 aliphatic carbocycles. The minimum atomic E-state index is -1.29. The van der Waals surface area contributed by atoms with Crippen molar-refractivity contribution in [2.75, 3.05) is 41.7 Å². The van der Waals surface area contributed by atoms with E-state index in [0.29, 0.717) is 52.8 Å². The smallest absolute Gasteiger partial charge is 0.330 e. The van der Waals surface area contributed by atoms with Gasteiger partial charge in [0.15, 0.2) is 0 Å². The minimum absolute atomic E-state index is 0.0183. The summed E-state index contributed by atoms with van der Waals surface area (Å²) in [4.78, 5) is 41.7. The van der Waals surface area contributed by atoms with Gasteiger partial charge >= 0.3 is 5.69 Å². The molecule has 6 atom stereocenters. The Balaban J connectivity index is 0.996. The molecule has 10 rings (SSSR count). The van der Waals surface area contributed by atoms with Crippen molar-refractivity contribution in [2.24, 2.45) is 0 Å². The fraction of sp³-hybridized carbons (Fsp3) is 0.308. The number of aliphatic hydroxyl groups is 2. The maximum absolute atomic E-state index is 13.0. The van der Waals surface area contributed by atoms with E-state index in [2.05, 4.69) is 41.1 Å². The van der Waals surface area contributed by atoms with Gasteiger partial charge in [0.1, 0.15) is 64.7 Å². The Morgan fingerprint density at radius 2 is 0.976 bits per heavy atom. The maximum atomic E-state index is 13.0. The number of methoxy groups -OCH3 is 4. The Labute approximate surface area is 475 Å². The van der Waals surface area contributed by atoms with Crippen molar-refractivity contribution >= 4 is 5.91 Å². The van der Waals surface area contributed by atoms with Gasteiger partial charge in [0, 0.05) is 36.4 Å². The molecular weight excluding hydrogens is 1040 g/mol. The monoisotopic (exact) mass is 1110 g/mol. The van der Waals surface area contributed by atoms with Gasteiger partial charge in [-0.3, -0.25) is 19.1 Å². The van der Waals surface area contributed by atoms with Crippen LogP contribution in [0.15, 0.2) is 186 Å². The first kappa shape index (κ1) is 57.0. The van der Waals surface area contributed by atoms with Crippen molar-refractivity contribution in [3.05, 3.63) is 247 Å². The van der Waals surface area contributed by atoms with Crippen molar-refractivity contribution in [3.63, 3.8) is 0 Å². The van der Waals surface area contributed by atoms with Crippen LogP contribution in [0, 0.1) is 6.92 Å². The normalized spacial score (nSPS) is 20.1. The van der Waals surface area contributed by atoms with Crippen molar-refractivity contribution < 1.29 is 52.9 Å². The average Bonchev–Trinajstić information content (AvgIpc) is 3.68. The summed E-state index contributed by atoms with van der Waals surface area (Å²) in [5, 5.41) is 25.9. The quantitative estimate of drug-likeness (QED) is 0.0506. The van der Waals surface area contributed by atoms with Crippen LogP contribution in [-0.2, 0) is 47.8 Å². The Morgan fingerprint density at radius 1 is 0.573 bits per heavy atom. The lowest BCUT2D eigenvalue weighted by molar-refractivity contribution is -0.120. The molecule has 6 aromatic carbocycles. The van der Waals surface area contributed by atoms with Crippen molar-refractivity contribution in [2.45, 2.75) is 87.6 Å². The van der Waals surface area contributed by atoms with E-state index >= 15 is 0 Å². The molecule has 2 unspecified atom stereocenters. The first-order valence-electron chi connectivity index (χ1n) is 27.2. The number of rotatable bonds is 21. The van der Waals surface area contributed by atoms with Crippen LogP contribution in [0.1, 0.15) is 76.1 Å². The third kappa shape index (κ3) is 11.5. The average molecular weight is 1110 g/mol. The summed E-state index contributed by atoms with van der Waals surface area (Å²) in [6, 6.07) is 47.5. The van der Waals surface area contributed by atoms with Gasteiger partial charge in [-0.1, -0.05) is 104 Å². The molecule has 426 valence electrons. The number of aromatic amines is 1. The van der Waals surface area contributed by atoms with E-state index in [9.17, 15) is 24.6 Å². The van der Waals surface area contributed by atoms with Crippen LogP contribution in [0.2, 0.25) is 0 Å². The molecule has 0 saturated carbocycles. The summed E-state index contributed by atoms with van der Waals surface area (Å²) in [7, 11) is 6.47. The Bertz CT molecular complexity index is 3450. The molecule has 4 heterocycles. The van der Waals surface area contributed by atoms with E-state index in [-0.39, 0.29) is 32.0 Å². The van der Waals surface area contributed by atoms with Gasteiger partial charge in [0.2, 0.25) is 0 Å². The SMILES string of the molecule is C=C1NC(=O)C(C)=CN1[C@H]1C[C@@H](O)[C@@H](COC(c2ccc(OC)cc2)(c2ccc(OC)cc2)c2cccc(CCc3cccc(C(OC[C@H]4OC(n5cc(C)c(=O)[nH]c5=O)CC4O)(c4ccc(OC)cc4)c4ccc(OC)cc4)c3)c2)O1. The number of benzene rings is 6. The van der Waals surface area contributed by atoms with Crippen molar-refractivity contribution in [1.29, 1.82) is 0 Å². The van der Waals surface area contributed by atoms with E-state index in [4.69, 9.17) is 37.9 Å². The zero-order chi connectivity index (χ0) is 57.7. The molecule has 2 fully saturated rings. The number of aliphatic hydroxyl groups excluding tert-OH is 2. The van der Waals surface area contributed by atoms with Gasteiger partial charge in [0.05, 0.1) is 53.9 Å². The molecule has 7 aromatic rings. The summed E-state index contributed by atoms with van der Waals surface area (Å²) in [6.07, 6.45) is -0.301. The number of carbonyl (C=O) groups is 1. The second-order valence-electron chi connectivity index (χ2n) is 20.8. The van der Waals surface area contributed by atoms with Crippen LogP contribution in [0.25, 0.3) is 0 Å². The van der Waals surface area contributed by atoms with Crippen LogP contribution < -0.4 is 35.5 Å². The molecule has 17 nitrogen and oxygen atoms in total. The van der Waals surface area contributed by atoms with E-state index in [1.807, 2.05) is 121 Å². The number of nitrogens with zero attached hydrogens (tertiary/aromatic N) is 2. The third-order valence-electron chi connectivity index (χ3n) is 15.7. The Morgan fingerprint density at radius 3 is 1.39 bits per heavy atom. The molecule has 17 heteroatoms. The molecule has 1 amide bonds. The second-order valence-corrected chi connectivity index (χ2v) is 20.8. The number of ether oxygens (including phenoxy) is 8. The van der Waals surface area contributed by atoms with Crippen molar-refractivity contribution in [3.8, 4) is 23.0 Å². The third-order valence-corrected chi connectivity index (χ3v) is 15.7. The highest BCUT2D eigenvalue weighted by Gasteiger charge is 2.45. The molecule has 82 heavy (non-hydrogen) atoms. The number of amides is 1. The standard InChI is InChI=1S/C65H68N4O13/c1-40-36-68(42(3)66-61(40)72)59-34-55(70)57(81-59)38-79-64(45-16-24-51(75-4)25-17-45,46-18-26-52(76-5)27-19-46)49-12-8-10-43(32-49)14-15-44-11-9-13-50(33-44)65(47-20-28-53(77-6)29-21-47,48-22-30-54(78-7)31-23-48)80-39-58-56(71)35-60(82-58)69-37-41(2)62(73)67-63(69)74/h8-13,16-33,36-37,55-60,70-71H,3,14-15,34-35,38-39H2,1-2,4-7H3,(H,66,72)(H,67,73,74)/t55-,56?,57-,58-,59-,60?/m1/s1. The van der Waals surface area contributed by atoms with E-state index < -0.39 is 59.3 Å². The van der Waals surface area contributed by atoms with Crippen LogP contribution in [0.5, 0.6) is 23.0 Å². The molecule has 2 saturated heterocycles. The molecule has 3 aliphatic rings. The molecular formula is C65H68N4O13. The summed E-state index contributed by atoms with van der Waals surface area (Å²) in [6.45, 7) is 7.24. The van der Waals surface area contributed by atoms with E-state index in [1.165, 1.54) is 10.8 Å². The summed E-state index contributed by atoms with van der Waals surface area (Å²) >= 11 is 0. The molecule has 1 aromatic heterocycles. The van der Waals surface area contributed by atoms with Crippen LogP contribution in [-0.4, -0.2) is 103 Å². The van der Waals surface area contributed by atoms with Gasteiger partial charge in [0.25, 0.3) is 11.5 Å². The summed E-state index contributed by atoms with van der Waals surface area (Å²) in [5.74, 6) is 2.75. The van der Waals surface area contributed by atoms with Crippen LogP contribution in [0.4, 0.5) is 0 Å². The Hall–Kier alpha value is -8.29. The molecule has 0 spiro atoms. The molecule has 0 radical (unpaired) electrons. The number of H-pyrrole nitrogens is 1. The van der Waals surface area contributed by atoms with E-state index in [1.54, 1.807) is 53.4 Å². The second kappa shape index (κ2) is 24.4. The highest BCUT2D eigenvalue weighted by Crippen LogP contribution is 2.45. The number of aromatic nitrogens is 2. The number of aryl methyl sites for hydroxylation is 3. The zero-order valence-corrected chi connectivity index (χ0v) is 46.7. The first-order chi connectivity index (χ1) is 39.6. The highest BCUT2D eigenvalue weighted by molar-refractivity contribution is 5.94. The predicted molar refractivity (Wildman–Crippen MR) is 307 cm³/mol. The van der Waals surface area contributed by atoms with Crippen LogP contribution in [0.3, 0.4) is 0 Å². The summed E-state index contributed by atoms with van der Waals surface area (Å²) in [5.41, 5.74) is 3.97. The highest BCUT2D eigenvalue weighted by atomic mass is 16.6. The zero-order valence-electron chi connectivity index (χ0n) is 46.7. The Kier molecular flexibility index (Phi) is 17.0. The maximum Gasteiger partial charge on any atom is 0.330 e.